The summed E-state index contributed by atoms with van der Waals surface area (Å²) in [5.74, 6) is -0.104. The monoisotopic (exact) mass is 208 g/mol. The van der Waals surface area contributed by atoms with E-state index in [1.165, 1.54) is 0 Å². The Balaban J connectivity index is 3.37. The lowest BCUT2D eigenvalue weighted by Crippen LogP contribution is -2.19. The van der Waals surface area contributed by atoms with Crippen molar-refractivity contribution in [1.82, 2.24) is 0 Å². The number of hydrogen-bond donors (Lipinski definition) is 0. The molecule has 0 unspecified atom stereocenters. The zero-order valence-corrected chi connectivity index (χ0v) is 9.78. The van der Waals surface area contributed by atoms with E-state index in [2.05, 4.69) is 0 Å². The Morgan fingerprint density at radius 3 is 2.50 bits per heavy atom. The largest absolute Gasteiger partial charge is 0.466 e. The normalized spacial score (nSPS) is 11.3. The lowest BCUT2D eigenvalue weighted by molar-refractivity contribution is -0.143. The molecule has 0 amide bonds. The summed E-state index contributed by atoms with van der Waals surface area (Å²) in [6.45, 7) is 6.54. The van der Waals surface area contributed by atoms with E-state index >= 15 is 0 Å². The van der Waals surface area contributed by atoms with Gasteiger partial charge in [-0.1, -0.05) is 20.0 Å². The summed E-state index contributed by atoms with van der Waals surface area (Å²) in [5, 5.41) is 0. The predicted molar refractivity (Wildman–Crippen MR) is 54.0 cm³/mol. The standard InChI is InChI=1S/C8H17ClO2Si/c1-4-5-8(10)11-6-7-12(2,3)9/h4-7H2,1-3H3. The van der Waals surface area contributed by atoms with E-state index in [0.717, 1.165) is 12.5 Å². The van der Waals surface area contributed by atoms with Crippen LogP contribution in [0.1, 0.15) is 19.8 Å². The minimum atomic E-state index is -1.55. The van der Waals surface area contributed by atoms with Crippen molar-refractivity contribution in [3.63, 3.8) is 0 Å². The third-order valence-electron chi connectivity index (χ3n) is 1.41. The molecule has 0 radical (unpaired) electrons. The van der Waals surface area contributed by atoms with Crippen LogP contribution in [0.2, 0.25) is 19.1 Å². The Bertz CT molecular complexity index is 142. The van der Waals surface area contributed by atoms with Crippen LogP contribution in [0.15, 0.2) is 0 Å². The molecule has 2 nitrogen and oxygen atoms in total. The average Bonchev–Trinajstić information content (AvgIpc) is 1.84. The Hall–Kier alpha value is -0.0231. The van der Waals surface area contributed by atoms with Gasteiger partial charge in [0.15, 0.2) is 7.38 Å². The molecule has 0 atom stereocenters. The summed E-state index contributed by atoms with van der Waals surface area (Å²) in [5.41, 5.74) is 0. The molecular weight excluding hydrogens is 192 g/mol. The smallest absolute Gasteiger partial charge is 0.305 e. The molecule has 72 valence electrons. The maximum absolute atomic E-state index is 10.9. The van der Waals surface area contributed by atoms with Gasteiger partial charge in [-0.3, -0.25) is 4.79 Å². The number of halogens is 1. The first-order valence-electron chi connectivity index (χ1n) is 4.30. The van der Waals surface area contributed by atoms with Crippen molar-refractivity contribution in [2.75, 3.05) is 6.61 Å². The first-order chi connectivity index (χ1) is 5.45. The van der Waals surface area contributed by atoms with Crippen LogP contribution in [-0.2, 0) is 9.53 Å². The van der Waals surface area contributed by atoms with Gasteiger partial charge in [-0.25, -0.2) is 0 Å². The highest BCUT2D eigenvalue weighted by atomic mass is 35.6. The maximum Gasteiger partial charge on any atom is 0.305 e. The summed E-state index contributed by atoms with van der Waals surface area (Å²) < 4.78 is 4.97. The van der Waals surface area contributed by atoms with E-state index in [0.29, 0.717) is 13.0 Å². The number of hydrogen-bond acceptors (Lipinski definition) is 2. The van der Waals surface area contributed by atoms with Crippen LogP contribution in [0.4, 0.5) is 0 Å². The molecule has 0 aliphatic rings. The molecule has 0 aliphatic carbocycles. The zero-order chi connectivity index (χ0) is 9.61. The van der Waals surface area contributed by atoms with Gasteiger partial charge in [0, 0.05) is 6.42 Å². The van der Waals surface area contributed by atoms with E-state index in [-0.39, 0.29) is 5.97 Å². The van der Waals surface area contributed by atoms with Gasteiger partial charge < -0.3 is 4.74 Å². The molecule has 0 aromatic rings. The quantitative estimate of drug-likeness (QED) is 0.395. The molecular formula is C8H17ClO2Si. The van der Waals surface area contributed by atoms with Crippen LogP contribution < -0.4 is 0 Å². The minimum Gasteiger partial charge on any atom is -0.466 e. The number of carbonyl (C=O) groups excluding carboxylic acids is 1. The van der Waals surface area contributed by atoms with Gasteiger partial charge in [-0.15, -0.1) is 0 Å². The van der Waals surface area contributed by atoms with Gasteiger partial charge in [0.05, 0.1) is 6.61 Å². The summed E-state index contributed by atoms with van der Waals surface area (Å²) in [6, 6.07) is 0.837. The molecule has 0 bridgehead atoms. The molecule has 0 fully saturated rings. The van der Waals surface area contributed by atoms with E-state index in [1.807, 2.05) is 20.0 Å². The Morgan fingerprint density at radius 1 is 1.50 bits per heavy atom. The zero-order valence-electron chi connectivity index (χ0n) is 8.02. The fourth-order valence-corrected chi connectivity index (χ4v) is 1.50. The molecule has 0 aliphatic heterocycles. The second kappa shape index (κ2) is 5.59. The summed E-state index contributed by atoms with van der Waals surface area (Å²) >= 11 is 6.04. The summed E-state index contributed by atoms with van der Waals surface area (Å²) in [7, 11) is -1.55. The number of carbonyl (C=O) groups is 1. The molecule has 0 aromatic heterocycles. The van der Waals surface area contributed by atoms with Crippen LogP contribution in [0, 0.1) is 0 Å². The summed E-state index contributed by atoms with van der Waals surface area (Å²) in [6.07, 6.45) is 1.37. The number of esters is 1. The first-order valence-corrected chi connectivity index (χ1v) is 8.52. The highest BCUT2D eigenvalue weighted by Gasteiger charge is 2.17. The summed E-state index contributed by atoms with van der Waals surface area (Å²) in [4.78, 5) is 10.9. The van der Waals surface area contributed by atoms with Crippen molar-refractivity contribution in [2.24, 2.45) is 0 Å². The van der Waals surface area contributed by atoms with Gasteiger partial charge >= 0.3 is 5.97 Å². The Labute approximate surface area is 80.0 Å². The van der Waals surface area contributed by atoms with E-state index < -0.39 is 7.38 Å². The number of rotatable bonds is 5. The van der Waals surface area contributed by atoms with Crippen LogP contribution in [0.25, 0.3) is 0 Å². The second-order valence-electron chi connectivity index (χ2n) is 3.44. The van der Waals surface area contributed by atoms with Crippen LogP contribution in [0.5, 0.6) is 0 Å². The van der Waals surface area contributed by atoms with Crippen molar-refractivity contribution >= 4 is 24.4 Å². The fourth-order valence-electron chi connectivity index (χ4n) is 0.684. The number of ether oxygens (including phenoxy) is 1. The van der Waals surface area contributed by atoms with Crippen LogP contribution in [0.3, 0.4) is 0 Å². The molecule has 0 spiro atoms. The molecule has 0 heterocycles. The third-order valence-corrected chi connectivity index (χ3v) is 3.37. The van der Waals surface area contributed by atoms with Crippen molar-refractivity contribution in [1.29, 1.82) is 0 Å². The van der Waals surface area contributed by atoms with Gasteiger partial charge in [-0.2, -0.15) is 11.1 Å². The van der Waals surface area contributed by atoms with Crippen molar-refractivity contribution in [3.05, 3.63) is 0 Å². The predicted octanol–water partition coefficient (Wildman–Crippen LogP) is 2.77. The first kappa shape index (κ1) is 12.0. The maximum atomic E-state index is 10.9. The topological polar surface area (TPSA) is 26.3 Å². The average molecular weight is 209 g/mol. The fraction of sp³-hybridized carbons (Fsp3) is 0.875. The SMILES string of the molecule is CCCC(=O)OCC[Si](C)(C)Cl. The van der Waals surface area contributed by atoms with Gasteiger partial charge in [-0.05, 0) is 12.5 Å². The molecule has 0 saturated carbocycles. The van der Waals surface area contributed by atoms with E-state index in [9.17, 15) is 4.79 Å². The molecule has 4 heteroatoms. The molecule has 0 N–H and O–H groups in total. The second-order valence-corrected chi connectivity index (χ2v) is 10.4. The van der Waals surface area contributed by atoms with Crippen molar-refractivity contribution in [3.8, 4) is 0 Å². The van der Waals surface area contributed by atoms with E-state index in [1.54, 1.807) is 0 Å². The Kier molecular flexibility index (Phi) is 5.58. The van der Waals surface area contributed by atoms with Crippen LogP contribution in [-0.4, -0.2) is 20.0 Å². The lowest BCUT2D eigenvalue weighted by atomic mass is 10.3. The highest BCUT2D eigenvalue weighted by Crippen LogP contribution is 2.13. The van der Waals surface area contributed by atoms with E-state index in [4.69, 9.17) is 15.8 Å². The van der Waals surface area contributed by atoms with Gasteiger partial charge in [0.1, 0.15) is 0 Å². The molecule has 0 saturated heterocycles. The van der Waals surface area contributed by atoms with Gasteiger partial charge in [0.2, 0.25) is 0 Å². The van der Waals surface area contributed by atoms with Crippen molar-refractivity contribution in [2.45, 2.75) is 38.9 Å². The minimum absolute atomic E-state index is 0.104. The third kappa shape index (κ3) is 8.08. The van der Waals surface area contributed by atoms with Gasteiger partial charge in [0.25, 0.3) is 0 Å². The van der Waals surface area contributed by atoms with Crippen molar-refractivity contribution < 1.29 is 9.53 Å². The Morgan fingerprint density at radius 2 is 2.08 bits per heavy atom. The molecule has 0 aromatic carbocycles. The molecule has 12 heavy (non-hydrogen) atoms. The molecule has 0 rings (SSSR count). The lowest BCUT2D eigenvalue weighted by Gasteiger charge is -2.12. The van der Waals surface area contributed by atoms with Crippen LogP contribution >= 0.6 is 11.1 Å². The highest BCUT2D eigenvalue weighted by molar-refractivity contribution is 7.19.